The molecule has 2 heterocycles. The topological polar surface area (TPSA) is 231 Å². The van der Waals surface area contributed by atoms with Gasteiger partial charge in [0.2, 0.25) is 0 Å². The highest BCUT2D eigenvalue weighted by Gasteiger charge is 2.47. The summed E-state index contributed by atoms with van der Waals surface area (Å²) < 4.78 is 33.5. The molecule has 0 saturated carbocycles. The monoisotopic (exact) mass is 969 g/mol. The normalized spacial score (nSPS) is 26.1. The fourth-order valence-corrected chi connectivity index (χ4v) is 7.92. The van der Waals surface area contributed by atoms with Crippen LogP contribution in [0, 0.1) is 0 Å². The van der Waals surface area contributed by atoms with E-state index < -0.39 is 99.3 Å². The van der Waals surface area contributed by atoms with E-state index in [0.29, 0.717) is 12.8 Å². The second-order valence-corrected chi connectivity index (χ2v) is 18.3. The van der Waals surface area contributed by atoms with Gasteiger partial charge in [-0.15, -0.1) is 0 Å². The predicted octanol–water partition coefficient (Wildman–Crippen LogP) is 7.49. The molecule has 11 atom stereocenters. The molecule has 15 heteroatoms. The summed E-state index contributed by atoms with van der Waals surface area (Å²) in [7, 11) is 0. The van der Waals surface area contributed by atoms with Crippen LogP contribution in [0.5, 0.6) is 0 Å². The lowest BCUT2D eigenvalue weighted by Gasteiger charge is -2.42. The Kier molecular flexibility index (Phi) is 36.3. The SMILES string of the molecule is CCCCC/C=C/C/C=C/C/C=C/CCCCCCC(=O)OC[C@@H](CO[C@@H]1O[C@H](CO[C@@H]2O[C@H](CO)[C@H](O)C(O)C2O)[C@H](O)C(O)C1O)OC(=O)CCCC/C=C/CCCCCCCCCCC. The molecular formula is C53H92O15. The van der Waals surface area contributed by atoms with Crippen molar-refractivity contribution >= 4 is 11.9 Å². The summed E-state index contributed by atoms with van der Waals surface area (Å²) in [5.41, 5.74) is 0. The summed E-state index contributed by atoms with van der Waals surface area (Å²) in [6.45, 7) is 2.51. The summed E-state index contributed by atoms with van der Waals surface area (Å²) in [4.78, 5) is 25.8. The summed E-state index contributed by atoms with van der Waals surface area (Å²) in [5, 5.41) is 72.1. The van der Waals surface area contributed by atoms with E-state index in [2.05, 4.69) is 62.5 Å². The van der Waals surface area contributed by atoms with Crippen LogP contribution < -0.4 is 0 Å². The lowest BCUT2D eigenvalue weighted by molar-refractivity contribution is -0.332. The molecule has 2 aliphatic rings. The average molecular weight is 969 g/mol. The molecule has 2 fully saturated rings. The number of rotatable bonds is 40. The molecular weight excluding hydrogens is 877 g/mol. The van der Waals surface area contributed by atoms with E-state index in [-0.39, 0.29) is 19.4 Å². The van der Waals surface area contributed by atoms with E-state index in [1.165, 1.54) is 77.0 Å². The van der Waals surface area contributed by atoms with Gasteiger partial charge in [0.1, 0.15) is 55.4 Å². The molecule has 0 radical (unpaired) electrons. The number of esters is 2. The van der Waals surface area contributed by atoms with Crippen molar-refractivity contribution < 1.29 is 73.8 Å². The van der Waals surface area contributed by atoms with Crippen LogP contribution >= 0.6 is 0 Å². The number of unbranched alkanes of at least 4 members (excludes halogenated alkanes) is 18. The second-order valence-electron chi connectivity index (χ2n) is 18.3. The van der Waals surface area contributed by atoms with E-state index in [1.807, 2.05) is 0 Å². The van der Waals surface area contributed by atoms with E-state index in [4.69, 9.17) is 28.4 Å². The molecule has 4 unspecified atom stereocenters. The Morgan fingerprint density at radius 3 is 1.46 bits per heavy atom. The maximum Gasteiger partial charge on any atom is 0.306 e. The van der Waals surface area contributed by atoms with Crippen LogP contribution in [-0.2, 0) is 38.0 Å². The zero-order valence-electron chi connectivity index (χ0n) is 41.6. The van der Waals surface area contributed by atoms with E-state index in [1.54, 1.807) is 0 Å². The van der Waals surface area contributed by atoms with Gasteiger partial charge in [-0.1, -0.05) is 140 Å². The third kappa shape index (κ3) is 27.7. The van der Waals surface area contributed by atoms with Gasteiger partial charge in [-0.3, -0.25) is 9.59 Å². The Labute approximate surface area is 408 Å². The standard InChI is InChI=1S/C53H92O15/c1-3-5-7-9-11-13-15-17-19-20-22-23-25-27-29-31-33-35-44(55)63-38-41(66-45(56)36-34-32-30-28-26-24-21-18-16-14-12-10-8-6-4-2)39-64-52-51(62)49(60)47(58)43(68-52)40-65-53-50(61)48(59)46(57)42(37-54)67-53/h11,13,17,19,22-23,26,28,41-43,46-54,57-62H,3-10,12,14-16,18,20-21,24-25,27,29-40H2,1-2H3/b13-11+,19-17+,23-22+,28-26+/t41-,42+,43+,46-,47-,48?,49?,50?,51?,52+,53+/m0/s1. The first-order valence-corrected chi connectivity index (χ1v) is 26.2. The van der Waals surface area contributed by atoms with Crippen LogP contribution in [0.15, 0.2) is 48.6 Å². The van der Waals surface area contributed by atoms with Crippen molar-refractivity contribution in [3.05, 3.63) is 48.6 Å². The molecule has 2 aliphatic heterocycles. The summed E-state index contributed by atoms with van der Waals surface area (Å²) in [6.07, 6.45) is 27.1. The van der Waals surface area contributed by atoms with Gasteiger partial charge in [0.05, 0.1) is 19.8 Å². The molecule has 0 aromatic rings. The third-order valence-corrected chi connectivity index (χ3v) is 12.3. The largest absolute Gasteiger partial charge is 0.462 e. The molecule has 0 spiro atoms. The number of aliphatic hydroxyl groups excluding tert-OH is 7. The Morgan fingerprint density at radius 1 is 0.471 bits per heavy atom. The van der Waals surface area contributed by atoms with Crippen LogP contribution in [0.25, 0.3) is 0 Å². The van der Waals surface area contributed by atoms with Gasteiger partial charge >= 0.3 is 11.9 Å². The average Bonchev–Trinajstić information content (AvgIpc) is 3.33. The smallest absolute Gasteiger partial charge is 0.306 e. The van der Waals surface area contributed by atoms with Crippen molar-refractivity contribution in [2.24, 2.45) is 0 Å². The van der Waals surface area contributed by atoms with Gasteiger partial charge in [0, 0.05) is 12.8 Å². The fourth-order valence-electron chi connectivity index (χ4n) is 7.92. The molecule has 0 aromatic heterocycles. The number of hydrogen-bond acceptors (Lipinski definition) is 15. The summed E-state index contributed by atoms with van der Waals surface area (Å²) in [6, 6.07) is 0. The van der Waals surface area contributed by atoms with E-state index in [9.17, 15) is 45.3 Å². The van der Waals surface area contributed by atoms with Crippen molar-refractivity contribution in [1.82, 2.24) is 0 Å². The van der Waals surface area contributed by atoms with E-state index >= 15 is 0 Å². The van der Waals surface area contributed by atoms with Gasteiger partial charge in [-0.2, -0.15) is 0 Å². The minimum Gasteiger partial charge on any atom is -0.462 e. The Morgan fingerprint density at radius 2 is 0.882 bits per heavy atom. The van der Waals surface area contributed by atoms with Gasteiger partial charge in [0.15, 0.2) is 18.7 Å². The third-order valence-electron chi connectivity index (χ3n) is 12.3. The molecule has 15 nitrogen and oxygen atoms in total. The number of carbonyl (C=O) groups is 2. The van der Waals surface area contributed by atoms with Gasteiger partial charge in [-0.25, -0.2) is 0 Å². The summed E-state index contributed by atoms with van der Waals surface area (Å²) in [5.74, 6) is -0.976. The molecule has 2 saturated heterocycles. The van der Waals surface area contributed by atoms with Crippen molar-refractivity contribution in [3.63, 3.8) is 0 Å². The molecule has 2 rings (SSSR count). The minimum absolute atomic E-state index is 0.129. The van der Waals surface area contributed by atoms with Crippen molar-refractivity contribution in [3.8, 4) is 0 Å². The number of ether oxygens (including phenoxy) is 6. The first kappa shape index (κ1) is 61.6. The molecule has 394 valence electrons. The Bertz CT molecular complexity index is 1370. The second kappa shape index (κ2) is 40.1. The van der Waals surface area contributed by atoms with Crippen molar-refractivity contribution in [1.29, 1.82) is 0 Å². The zero-order valence-corrected chi connectivity index (χ0v) is 41.6. The van der Waals surface area contributed by atoms with E-state index in [0.717, 1.165) is 64.2 Å². The zero-order chi connectivity index (χ0) is 49.6. The van der Waals surface area contributed by atoms with Gasteiger partial charge < -0.3 is 64.2 Å². The maximum absolute atomic E-state index is 13.0. The molecule has 0 amide bonds. The Balaban J connectivity index is 1.82. The highest BCUT2D eigenvalue weighted by atomic mass is 16.7. The lowest BCUT2D eigenvalue weighted by Crippen LogP contribution is -2.61. The number of hydrogen-bond donors (Lipinski definition) is 7. The Hall–Kier alpha value is -2.54. The quantitative estimate of drug-likeness (QED) is 0.0179. The highest BCUT2D eigenvalue weighted by Crippen LogP contribution is 2.26. The van der Waals surface area contributed by atoms with Crippen LogP contribution in [0.4, 0.5) is 0 Å². The van der Waals surface area contributed by atoms with Crippen molar-refractivity contribution in [2.45, 2.75) is 248 Å². The van der Waals surface area contributed by atoms with Crippen LogP contribution in [-0.4, -0.2) is 142 Å². The fraction of sp³-hybridized carbons (Fsp3) is 0.811. The molecule has 68 heavy (non-hydrogen) atoms. The van der Waals surface area contributed by atoms with Crippen LogP contribution in [0.2, 0.25) is 0 Å². The highest BCUT2D eigenvalue weighted by molar-refractivity contribution is 5.70. The van der Waals surface area contributed by atoms with Gasteiger partial charge in [0.25, 0.3) is 0 Å². The molecule has 0 bridgehead atoms. The van der Waals surface area contributed by atoms with Crippen LogP contribution in [0.1, 0.15) is 181 Å². The lowest BCUT2D eigenvalue weighted by atomic mass is 9.98. The molecule has 0 aliphatic carbocycles. The number of aliphatic hydroxyl groups is 7. The minimum atomic E-state index is -1.77. The van der Waals surface area contributed by atoms with Gasteiger partial charge in [-0.05, 0) is 77.0 Å². The maximum atomic E-state index is 13.0. The molecule has 0 aromatic carbocycles. The number of carbonyl (C=O) groups excluding carboxylic acids is 2. The van der Waals surface area contributed by atoms with Crippen molar-refractivity contribution in [2.75, 3.05) is 26.4 Å². The summed E-state index contributed by atoms with van der Waals surface area (Å²) >= 11 is 0. The number of allylic oxidation sites excluding steroid dienone is 8. The first-order chi connectivity index (χ1) is 33.0. The van der Waals surface area contributed by atoms with Crippen LogP contribution in [0.3, 0.4) is 0 Å². The molecule has 7 N–H and O–H groups in total. The first-order valence-electron chi connectivity index (χ1n) is 26.2. The predicted molar refractivity (Wildman–Crippen MR) is 261 cm³/mol.